The summed E-state index contributed by atoms with van der Waals surface area (Å²) in [5, 5.41) is 7.10. The molecular formula is C19H22N2. The molecule has 3 rings (SSSR count). The number of hydrogen-bond acceptors (Lipinski definition) is 2. The standard InChI is InChI=1S/C19H22N2/c1-13-10-16(20-15-8-6-5-7-9-15)11-17-14(2)12-19(3,4)21-18(13)17/h5-12,20-21H,1-4H3. The van der Waals surface area contributed by atoms with Crippen molar-refractivity contribution in [2.24, 2.45) is 0 Å². The zero-order valence-electron chi connectivity index (χ0n) is 13.1. The van der Waals surface area contributed by atoms with Crippen LogP contribution >= 0.6 is 0 Å². The van der Waals surface area contributed by atoms with Gasteiger partial charge in [0.1, 0.15) is 0 Å². The summed E-state index contributed by atoms with van der Waals surface area (Å²) in [5.41, 5.74) is 7.39. The number of para-hydroxylation sites is 1. The molecule has 0 spiro atoms. The second-order valence-corrected chi connectivity index (χ2v) is 6.38. The van der Waals surface area contributed by atoms with Crippen molar-refractivity contribution in [1.29, 1.82) is 0 Å². The number of benzene rings is 2. The number of fused-ring (bicyclic) bond motifs is 1. The predicted molar refractivity (Wildman–Crippen MR) is 92.3 cm³/mol. The van der Waals surface area contributed by atoms with Crippen LogP contribution < -0.4 is 10.6 Å². The minimum Gasteiger partial charge on any atom is -0.376 e. The first-order valence-electron chi connectivity index (χ1n) is 7.39. The van der Waals surface area contributed by atoms with Gasteiger partial charge in [-0.15, -0.1) is 0 Å². The Hall–Kier alpha value is -2.22. The van der Waals surface area contributed by atoms with E-state index in [9.17, 15) is 0 Å². The van der Waals surface area contributed by atoms with Crippen molar-refractivity contribution in [2.75, 3.05) is 10.6 Å². The summed E-state index contributed by atoms with van der Waals surface area (Å²) in [6.07, 6.45) is 2.29. The minimum absolute atomic E-state index is 0.0101. The highest BCUT2D eigenvalue weighted by Gasteiger charge is 2.24. The number of aryl methyl sites for hydroxylation is 1. The SMILES string of the molecule is CC1=CC(C)(C)Nc2c(C)cc(Nc3ccccc3)cc21. The van der Waals surface area contributed by atoms with Gasteiger partial charge >= 0.3 is 0 Å². The van der Waals surface area contributed by atoms with Gasteiger partial charge in [0.25, 0.3) is 0 Å². The number of hydrogen-bond donors (Lipinski definition) is 2. The molecule has 21 heavy (non-hydrogen) atoms. The highest BCUT2D eigenvalue weighted by atomic mass is 15.0. The first-order chi connectivity index (χ1) is 9.94. The average Bonchev–Trinajstić information content (AvgIpc) is 2.41. The van der Waals surface area contributed by atoms with E-state index in [0.717, 1.165) is 11.4 Å². The Morgan fingerprint density at radius 2 is 1.67 bits per heavy atom. The van der Waals surface area contributed by atoms with Gasteiger partial charge in [-0.05, 0) is 63.1 Å². The van der Waals surface area contributed by atoms with Gasteiger partial charge < -0.3 is 10.6 Å². The van der Waals surface area contributed by atoms with Crippen LogP contribution in [0, 0.1) is 6.92 Å². The predicted octanol–water partition coefficient (Wildman–Crippen LogP) is 5.35. The lowest BCUT2D eigenvalue weighted by molar-refractivity contribution is 0.706. The van der Waals surface area contributed by atoms with Gasteiger partial charge in [-0.1, -0.05) is 24.3 Å². The van der Waals surface area contributed by atoms with Gasteiger partial charge in [0.15, 0.2) is 0 Å². The van der Waals surface area contributed by atoms with Crippen LogP contribution in [0.2, 0.25) is 0 Å². The molecule has 1 aliphatic rings. The summed E-state index contributed by atoms with van der Waals surface area (Å²) >= 11 is 0. The van der Waals surface area contributed by atoms with Crippen LogP contribution in [-0.4, -0.2) is 5.54 Å². The molecule has 108 valence electrons. The zero-order valence-corrected chi connectivity index (χ0v) is 13.1. The van der Waals surface area contributed by atoms with Crippen LogP contribution in [-0.2, 0) is 0 Å². The third-order valence-corrected chi connectivity index (χ3v) is 3.85. The van der Waals surface area contributed by atoms with Crippen molar-refractivity contribution in [3.8, 4) is 0 Å². The maximum absolute atomic E-state index is 3.62. The first-order valence-corrected chi connectivity index (χ1v) is 7.39. The van der Waals surface area contributed by atoms with E-state index in [-0.39, 0.29) is 5.54 Å². The summed E-state index contributed by atoms with van der Waals surface area (Å²) in [6.45, 7) is 8.76. The number of rotatable bonds is 2. The summed E-state index contributed by atoms with van der Waals surface area (Å²) in [7, 11) is 0. The fraction of sp³-hybridized carbons (Fsp3) is 0.263. The normalized spacial score (nSPS) is 15.7. The topological polar surface area (TPSA) is 24.1 Å². The van der Waals surface area contributed by atoms with Gasteiger partial charge in [0, 0.05) is 22.6 Å². The van der Waals surface area contributed by atoms with Crippen molar-refractivity contribution < 1.29 is 0 Å². The number of nitrogens with one attached hydrogen (secondary N) is 2. The highest BCUT2D eigenvalue weighted by molar-refractivity contribution is 5.85. The molecule has 0 aromatic heterocycles. The van der Waals surface area contributed by atoms with E-state index in [4.69, 9.17) is 0 Å². The van der Waals surface area contributed by atoms with Gasteiger partial charge in [-0.3, -0.25) is 0 Å². The monoisotopic (exact) mass is 278 g/mol. The van der Waals surface area contributed by atoms with Crippen molar-refractivity contribution in [1.82, 2.24) is 0 Å². The molecule has 0 aliphatic carbocycles. The van der Waals surface area contributed by atoms with Crippen molar-refractivity contribution in [3.05, 3.63) is 59.7 Å². The molecule has 2 aromatic carbocycles. The summed E-state index contributed by atoms with van der Waals surface area (Å²) in [4.78, 5) is 0. The molecule has 0 amide bonds. The molecule has 2 aromatic rings. The van der Waals surface area contributed by atoms with E-state index in [1.807, 2.05) is 18.2 Å². The van der Waals surface area contributed by atoms with Crippen molar-refractivity contribution in [3.63, 3.8) is 0 Å². The average molecular weight is 278 g/mol. The lowest BCUT2D eigenvalue weighted by atomic mass is 9.89. The van der Waals surface area contributed by atoms with Crippen LogP contribution in [0.5, 0.6) is 0 Å². The lowest BCUT2D eigenvalue weighted by Crippen LogP contribution is -2.32. The Balaban J connectivity index is 2.00. The van der Waals surface area contributed by atoms with E-state index >= 15 is 0 Å². The Morgan fingerprint density at radius 3 is 2.38 bits per heavy atom. The Morgan fingerprint density at radius 1 is 0.952 bits per heavy atom. The number of anilines is 3. The fourth-order valence-corrected chi connectivity index (χ4v) is 3.00. The summed E-state index contributed by atoms with van der Waals surface area (Å²) in [5.74, 6) is 0. The molecule has 0 saturated carbocycles. The molecule has 0 radical (unpaired) electrons. The molecule has 0 fully saturated rings. The second-order valence-electron chi connectivity index (χ2n) is 6.38. The third-order valence-electron chi connectivity index (χ3n) is 3.85. The molecule has 0 unspecified atom stereocenters. The molecule has 0 bridgehead atoms. The first kappa shape index (κ1) is 13.7. The lowest BCUT2D eigenvalue weighted by Gasteiger charge is -2.33. The van der Waals surface area contributed by atoms with E-state index in [1.165, 1.54) is 22.4 Å². The Kier molecular flexibility index (Phi) is 3.25. The van der Waals surface area contributed by atoms with Gasteiger partial charge in [0.2, 0.25) is 0 Å². The molecule has 2 heteroatoms. The molecular weight excluding hydrogens is 256 g/mol. The second kappa shape index (κ2) is 4.96. The molecule has 1 heterocycles. The van der Waals surface area contributed by atoms with Gasteiger partial charge in [0.05, 0.1) is 5.54 Å². The van der Waals surface area contributed by atoms with Crippen LogP contribution in [0.3, 0.4) is 0 Å². The maximum Gasteiger partial charge on any atom is 0.0506 e. The van der Waals surface area contributed by atoms with Gasteiger partial charge in [-0.2, -0.15) is 0 Å². The van der Waals surface area contributed by atoms with Crippen LogP contribution in [0.25, 0.3) is 5.57 Å². The van der Waals surface area contributed by atoms with Crippen molar-refractivity contribution >= 4 is 22.6 Å². The largest absolute Gasteiger partial charge is 0.376 e. The molecule has 1 aliphatic heterocycles. The summed E-state index contributed by atoms with van der Waals surface area (Å²) in [6, 6.07) is 14.7. The highest BCUT2D eigenvalue weighted by Crippen LogP contribution is 2.38. The van der Waals surface area contributed by atoms with E-state index < -0.39 is 0 Å². The van der Waals surface area contributed by atoms with Crippen LogP contribution in [0.15, 0.2) is 48.5 Å². The Labute approximate surface area is 126 Å². The van der Waals surface area contributed by atoms with E-state index in [2.05, 4.69) is 68.7 Å². The molecule has 0 atom stereocenters. The smallest absolute Gasteiger partial charge is 0.0506 e. The van der Waals surface area contributed by atoms with Crippen molar-refractivity contribution in [2.45, 2.75) is 33.2 Å². The molecule has 2 N–H and O–H groups in total. The quantitative estimate of drug-likeness (QED) is 0.774. The van der Waals surface area contributed by atoms with Gasteiger partial charge in [-0.25, -0.2) is 0 Å². The summed E-state index contributed by atoms with van der Waals surface area (Å²) < 4.78 is 0. The van der Waals surface area contributed by atoms with Crippen LogP contribution in [0.4, 0.5) is 17.1 Å². The minimum atomic E-state index is 0.0101. The maximum atomic E-state index is 3.62. The van der Waals surface area contributed by atoms with Crippen LogP contribution in [0.1, 0.15) is 31.9 Å². The van der Waals surface area contributed by atoms with E-state index in [0.29, 0.717) is 0 Å². The third kappa shape index (κ3) is 2.80. The molecule has 0 saturated heterocycles. The zero-order chi connectivity index (χ0) is 15.0. The Bertz CT molecular complexity index is 697. The fourth-order valence-electron chi connectivity index (χ4n) is 3.00. The van der Waals surface area contributed by atoms with E-state index in [1.54, 1.807) is 0 Å². The molecule has 2 nitrogen and oxygen atoms in total. The number of allylic oxidation sites excluding steroid dienone is 1.